The quantitative estimate of drug-likeness (QED) is 0.886. The van der Waals surface area contributed by atoms with Gasteiger partial charge in [-0.1, -0.05) is 12.8 Å². The van der Waals surface area contributed by atoms with Gasteiger partial charge in [0.2, 0.25) is 0 Å². The summed E-state index contributed by atoms with van der Waals surface area (Å²) in [5.74, 6) is 0.132. The summed E-state index contributed by atoms with van der Waals surface area (Å²) in [5.41, 5.74) is 1.58. The van der Waals surface area contributed by atoms with Crippen LogP contribution in [0.1, 0.15) is 49.9 Å². The van der Waals surface area contributed by atoms with Crippen LogP contribution >= 0.6 is 0 Å². The molecule has 0 unspecified atom stereocenters. The normalized spacial score (nSPS) is 15.5. The summed E-state index contributed by atoms with van der Waals surface area (Å²) in [6.45, 7) is 5.65. The van der Waals surface area contributed by atoms with Gasteiger partial charge in [-0.05, 0) is 32.8 Å². The molecule has 1 aliphatic rings. The second-order valence-corrected chi connectivity index (χ2v) is 4.98. The van der Waals surface area contributed by atoms with Crippen molar-refractivity contribution >= 4 is 11.6 Å². The lowest BCUT2D eigenvalue weighted by atomic mass is 10.1. The minimum atomic E-state index is 0.132. The van der Waals surface area contributed by atoms with Gasteiger partial charge >= 0.3 is 0 Å². The zero-order valence-corrected chi connectivity index (χ0v) is 11.9. The van der Waals surface area contributed by atoms with Crippen molar-refractivity contribution in [2.75, 3.05) is 18.4 Å². The first kappa shape index (κ1) is 13.8. The molecular weight excluding hydrogens is 238 g/mol. The number of anilines is 1. The Morgan fingerprint density at radius 3 is 2.79 bits per heavy atom. The number of pyridine rings is 1. The molecule has 0 radical (unpaired) electrons. The van der Waals surface area contributed by atoms with Crippen LogP contribution in [0.15, 0.2) is 18.5 Å². The van der Waals surface area contributed by atoms with Crippen molar-refractivity contribution < 1.29 is 4.79 Å². The average Bonchev–Trinajstić information content (AvgIpc) is 2.94. The zero-order chi connectivity index (χ0) is 13.7. The van der Waals surface area contributed by atoms with Crippen LogP contribution < -0.4 is 5.32 Å². The van der Waals surface area contributed by atoms with E-state index >= 15 is 0 Å². The first-order valence-electron chi connectivity index (χ1n) is 7.26. The third kappa shape index (κ3) is 3.06. The van der Waals surface area contributed by atoms with Crippen molar-refractivity contribution in [2.24, 2.45) is 0 Å². The molecule has 19 heavy (non-hydrogen) atoms. The maximum atomic E-state index is 12.7. The highest BCUT2D eigenvalue weighted by Gasteiger charge is 2.27. The topological polar surface area (TPSA) is 45.2 Å². The molecule has 104 valence electrons. The molecule has 1 aromatic rings. The number of amides is 1. The van der Waals surface area contributed by atoms with Gasteiger partial charge in [-0.3, -0.25) is 9.78 Å². The number of hydrogen-bond donors (Lipinski definition) is 1. The Bertz CT molecular complexity index is 427. The number of rotatable bonds is 5. The fourth-order valence-electron chi connectivity index (χ4n) is 2.85. The smallest absolute Gasteiger partial charge is 0.256 e. The van der Waals surface area contributed by atoms with Gasteiger partial charge in [-0.2, -0.15) is 0 Å². The van der Waals surface area contributed by atoms with E-state index in [1.54, 1.807) is 12.4 Å². The van der Waals surface area contributed by atoms with Crippen LogP contribution in [0.4, 0.5) is 5.69 Å². The highest BCUT2D eigenvalue weighted by molar-refractivity contribution is 5.99. The summed E-state index contributed by atoms with van der Waals surface area (Å²) in [6, 6.07) is 2.23. The van der Waals surface area contributed by atoms with E-state index in [1.807, 2.05) is 17.9 Å². The fraction of sp³-hybridized carbons (Fsp3) is 0.600. The Hall–Kier alpha value is -1.58. The maximum Gasteiger partial charge on any atom is 0.256 e. The molecule has 1 amide bonds. The molecule has 0 spiro atoms. The van der Waals surface area contributed by atoms with Crippen LogP contribution in [-0.4, -0.2) is 34.9 Å². The summed E-state index contributed by atoms with van der Waals surface area (Å²) in [4.78, 5) is 18.8. The molecule has 0 aliphatic heterocycles. The van der Waals surface area contributed by atoms with Crippen LogP contribution in [0, 0.1) is 0 Å². The van der Waals surface area contributed by atoms with Crippen molar-refractivity contribution in [3.63, 3.8) is 0 Å². The highest BCUT2D eigenvalue weighted by Crippen LogP contribution is 2.26. The van der Waals surface area contributed by atoms with E-state index in [2.05, 4.69) is 17.2 Å². The van der Waals surface area contributed by atoms with E-state index in [0.29, 0.717) is 6.04 Å². The number of carbonyl (C=O) groups excluding carboxylic acids is 1. The van der Waals surface area contributed by atoms with E-state index in [0.717, 1.165) is 37.2 Å². The lowest BCUT2D eigenvalue weighted by Crippen LogP contribution is -2.39. The second kappa shape index (κ2) is 6.55. The molecule has 0 saturated heterocycles. The Balaban J connectivity index is 2.21. The number of nitrogens with one attached hydrogen (secondary N) is 1. The van der Waals surface area contributed by atoms with E-state index in [-0.39, 0.29) is 5.91 Å². The van der Waals surface area contributed by atoms with Crippen LogP contribution in [0.5, 0.6) is 0 Å². The van der Waals surface area contributed by atoms with Crippen LogP contribution in [0.2, 0.25) is 0 Å². The monoisotopic (exact) mass is 261 g/mol. The number of aromatic nitrogens is 1. The summed E-state index contributed by atoms with van der Waals surface area (Å²) in [5, 5.41) is 3.22. The van der Waals surface area contributed by atoms with Crippen molar-refractivity contribution in [3.05, 3.63) is 24.0 Å². The minimum absolute atomic E-state index is 0.132. The predicted molar refractivity (Wildman–Crippen MR) is 77.4 cm³/mol. The van der Waals surface area contributed by atoms with E-state index in [9.17, 15) is 4.79 Å². The van der Waals surface area contributed by atoms with Gasteiger partial charge in [0.1, 0.15) is 0 Å². The SMILES string of the molecule is CCNc1cnccc1C(=O)N(CC)C1CCCC1. The third-order valence-corrected chi connectivity index (χ3v) is 3.79. The molecule has 0 atom stereocenters. The van der Waals surface area contributed by atoms with Gasteiger partial charge < -0.3 is 10.2 Å². The maximum absolute atomic E-state index is 12.7. The largest absolute Gasteiger partial charge is 0.383 e. The van der Waals surface area contributed by atoms with Crippen LogP contribution in [0.25, 0.3) is 0 Å². The Morgan fingerprint density at radius 2 is 2.16 bits per heavy atom. The number of carbonyl (C=O) groups is 1. The molecule has 0 aromatic carbocycles. The molecule has 4 nitrogen and oxygen atoms in total. The van der Waals surface area contributed by atoms with Crippen molar-refractivity contribution in [3.8, 4) is 0 Å². The van der Waals surface area contributed by atoms with Gasteiger partial charge in [0.05, 0.1) is 17.4 Å². The number of hydrogen-bond acceptors (Lipinski definition) is 3. The summed E-state index contributed by atoms with van der Waals surface area (Å²) in [7, 11) is 0. The molecule has 1 N–H and O–H groups in total. The van der Waals surface area contributed by atoms with E-state index in [4.69, 9.17) is 0 Å². The van der Waals surface area contributed by atoms with Gasteiger partial charge in [-0.15, -0.1) is 0 Å². The zero-order valence-electron chi connectivity index (χ0n) is 11.9. The van der Waals surface area contributed by atoms with Gasteiger partial charge in [-0.25, -0.2) is 0 Å². The predicted octanol–water partition coefficient (Wildman–Crippen LogP) is 2.92. The first-order chi connectivity index (χ1) is 9.27. The lowest BCUT2D eigenvalue weighted by molar-refractivity contribution is 0.0694. The molecule has 1 saturated carbocycles. The van der Waals surface area contributed by atoms with Crippen LogP contribution in [0.3, 0.4) is 0 Å². The third-order valence-electron chi connectivity index (χ3n) is 3.79. The minimum Gasteiger partial charge on any atom is -0.383 e. The fourth-order valence-corrected chi connectivity index (χ4v) is 2.85. The van der Waals surface area contributed by atoms with Gasteiger partial charge in [0.15, 0.2) is 0 Å². The average molecular weight is 261 g/mol. The van der Waals surface area contributed by atoms with Gasteiger partial charge in [0.25, 0.3) is 5.91 Å². The highest BCUT2D eigenvalue weighted by atomic mass is 16.2. The Labute approximate surface area is 115 Å². The number of nitrogens with zero attached hydrogens (tertiary/aromatic N) is 2. The Kier molecular flexibility index (Phi) is 4.77. The molecular formula is C15H23N3O. The molecule has 1 fully saturated rings. The molecule has 1 aromatic heterocycles. The van der Waals surface area contributed by atoms with Crippen molar-refractivity contribution in [2.45, 2.75) is 45.6 Å². The second-order valence-electron chi connectivity index (χ2n) is 4.98. The standard InChI is InChI=1S/C15H23N3O/c1-3-17-14-11-16-10-9-13(14)15(19)18(4-2)12-7-5-6-8-12/h9-12,17H,3-8H2,1-2H3. The van der Waals surface area contributed by atoms with Crippen molar-refractivity contribution in [1.29, 1.82) is 0 Å². The summed E-state index contributed by atoms with van der Waals surface area (Å²) < 4.78 is 0. The Morgan fingerprint density at radius 1 is 1.42 bits per heavy atom. The first-order valence-corrected chi connectivity index (χ1v) is 7.26. The summed E-state index contributed by atoms with van der Waals surface area (Å²) >= 11 is 0. The summed E-state index contributed by atoms with van der Waals surface area (Å²) in [6.07, 6.45) is 8.19. The van der Waals surface area contributed by atoms with Gasteiger partial charge in [0, 0.05) is 25.3 Å². The molecule has 1 aliphatic carbocycles. The molecule has 4 heteroatoms. The van der Waals surface area contributed by atoms with E-state index in [1.165, 1.54) is 12.8 Å². The van der Waals surface area contributed by atoms with Crippen molar-refractivity contribution in [1.82, 2.24) is 9.88 Å². The lowest BCUT2D eigenvalue weighted by Gasteiger charge is -2.28. The van der Waals surface area contributed by atoms with E-state index < -0.39 is 0 Å². The molecule has 1 heterocycles. The molecule has 2 rings (SSSR count). The van der Waals surface area contributed by atoms with Crippen LogP contribution in [-0.2, 0) is 0 Å². The molecule has 0 bridgehead atoms.